The number of hydrogen-bond donors (Lipinski definition) is 0. The van der Waals surface area contributed by atoms with Crippen LogP contribution in [0.1, 0.15) is 81.8 Å². The fourth-order valence-electron chi connectivity index (χ4n) is 10.1. The Hall–Kier alpha value is -6.52. The van der Waals surface area contributed by atoms with E-state index < -0.39 is 0 Å². The normalized spacial score (nSPS) is 15.8. The first-order chi connectivity index (χ1) is 26.1. The van der Waals surface area contributed by atoms with Gasteiger partial charge >= 0.3 is 0 Å². The lowest BCUT2D eigenvalue weighted by Gasteiger charge is -2.34. The number of fused-ring (bicyclic) bond motifs is 13. The van der Waals surface area contributed by atoms with Crippen molar-refractivity contribution >= 4 is 71.6 Å². The number of aromatic nitrogens is 1. The number of ketones is 2. The smallest absolute Gasteiger partial charge is 0.193 e. The molecule has 0 unspecified atom stereocenters. The highest BCUT2D eigenvalue weighted by molar-refractivity contribution is 6.27. The molecule has 4 nitrogen and oxygen atoms in total. The van der Waals surface area contributed by atoms with Gasteiger partial charge in [0.2, 0.25) is 0 Å². The van der Waals surface area contributed by atoms with Gasteiger partial charge in [0.1, 0.15) is 11.2 Å². The van der Waals surface area contributed by atoms with Crippen molar-refractivity contribution in [2.45, 2.75) is 38.5 Å². The minimum absolute atomic E-state index is 0.0529. The van der Waals surface area contributed by atoms with E-state index >= 15 is 0 Å². The van der Waals surface area contributed by atoms with Crippen LogP contribution in [0.25, 0.3) is 71.2 Å². The minimum Gasteiger partial charge on any atom is -0.456 e. The summed E-state index contributed by atoms with van der Waals surface area (Å²) in [5.41, 5.74) is 13.4. The molecule has 4 heteroatoms. The molecule has 3 aromatic heterocycles. The summed E-state index contributed by atoms with van der Waals surface area (Å²) in [5.74, 6) is 0.106. The van der Waals surface area contributed by atoms with Gasteiger partial charge in [-0.3, -0.25) is 9.59 Å². The van der Waals surface area contributed by atoms with Gasteiger partial charge in [-0.05, 0) is 88.0 Å². The largest absolute Gasteiger partial charge is 0.456 e. The number of para-hydroxylation sites is 1. The average molecular weight is 696 g/mol. The van der Waals surface area contributed by atoms with Crippen LogP contribution < -0.4 is 0 Å². The highest BCUT2D eigenvalue weighted by Gasteiger charge is 2.39. The summed E-state index contributed by atoms with van der Waals surface area (Å²) in [6.07, 6.45) is 0. The van der Waals surface area contributed by atoms with Crippen molar-refractivity contribution in [3.05, 3.63) is 172 Å². The third-order valence-corrected chi connectivity index (χ3v) is 12.9. The first-order valence-corrected chi connectivity index (χ1v) is 18.7. The van der Waals surface area contributed by atoms with E-state index in [9.17, 15) is 9.59 Å². The maximum Gasteiger partial charge on any atom is 0.193 e. The zero-order chi connectivity index (χ0) is 36.4. The van der Waals surface area contributed by atoms with Crippen molar-refractivity contribution in [1.82, 2.24) is 4.40 Å². The third-order valence-electron chi connectivity index (χ3n) is 12.9. The molecule has 12 rings (SSSR count). The molecule has 2 aliphatic carbocycles. The van der Waals surface area contributed by atoms with Crippen LogP contribution in [0.4, 0.5) is 0 Å². The summed E-state index contributed by atoms with van der Waals surface area (Å²) in [4.78, 5) is 28.6. The van der Waals surface area contributed by atoms with Gasteiger partial charge in [-0.1, -0.05) is 100 Å². The maximum absolute atomic E-state index is 14.3. The molecule has 10 aromatic rings. The average Bonchev–Trinajstić information content (AvgIpc) is 3.84. The number of carbonyl (C=O) groups excluding carboxylic acids is 2. The van der Waals surface area contributed by atoms with E-state index in [2.05, 4.69) is 105 Å². The summed E-state index contributed by atoms with van der Waals surface area (Å²) >= 11 is 0. The Morgan fingerprint density at radius 1 is 0.426 bits per heavy atom. The van der Waals surface area contributed by atoms with Gasteiger partial charge in [0.05, 0.1) is 16.6 Å². The van der Waals surface area contributed by atoms with E-state index in [1.165, 1.54) is 0 Å². The maximum atomic E-state index is 14.3. The molecular weight excluding hydrogens is 663 g/mol. The summed E-state index contributed by atoms with van der Waals surface area (Å²) in [5, 5.41) is 6.64. The monoisotopic (exact) mass is 695 g/mol. The molecule has 256 valence electrons. The molecule has 0 amide bonds. The van der Waals surface area contributed by atoms with Gasteiger partial charge in [0.15, 0.2) is 11.6 Å². The minimum atomic E-state index is -0.373. The molecule has 0 atom stereocenters. The Bertz CT molecular complexity index is 3210. The second-order valence-corrected chi connectivity index (χ2v) is 16.4. The molecule has 0 spiro atoms. The zero-order valence-electron chi connectivity index (χ0n) is 30.3. The predicted molar refractivity (Wildman–Crippen MR) is 218 cm³/mol. The number of furan rings is 1. The highest BCUT2D eigenvalue weighted by atomic mass is 16.3. The number of rotatable bonds is 1. The van der Waals surface area contributed by atoms with Gasteiger partial charge in [-0.2, -0.15) is 0 Å². The van der Waals surface area contributed by atoms with Crippen LogP contribution in [-0.4, -0.2) is 16.0 Å². The second kappa shape index (κ2) is 9.71. The Morgan fingerprint density at radius 2 is 0.944 bits per heavy atom. The van der Waals surface area contributed by atoms with Gasteiger partial charge in [0, 0.05) is 65.4 Å². The first kappa shape index (κ1) is 30.0. The highest BCUT2D eigenvalue weighted by Crippen LogP contribution is 2.50. The van der Waals surface area contributed by atoms with Crippen molar-refractivity contribution in [2.24, 2.45) is 0 Å². The van der Waals surface area contributed by atoms with E-state index in [0.29, 0.717) is 0 Å². The number of benzene rings is 7. The number of nitrogens with zero attached hydrogens (tertiary/aromatic N) is 1. The number of carbonyl (C=O) groups is 2. The molecule has 0 saturated heterocycles. The van der Waals surface area contributed by atoms with E-state index in [-0.39, 0.29) is 22.4 Å². The Labute approximate surface area is 310 Å². The van der Waals surface area contributed by atoms with Crippen LogP contribution in [0, 0.1) is 0 Å². The lowest BCUT2D eigenvalue weighted by atomic mass is 9.68. The van der Waals surface area contributed by atoms with Crippen LogP contribution in [0.5, 0.6) is 0 Å². The van der Waals surface area contributed by atoms with E-state index in [4.69, 9.17) is 4.42 Å². The van der Waals surface area contributed by atoms with Crippen molar-refractivity contribution in [2.75, 3.05) is 0 Å². The van der Waals surface area contributed by atoms with Crippen LogP contribution in [0.3, 0.4) is 0 Å². The van der Waals surface area contributed by atoms with E-state index in [1.54, 1.807) is 0 Å². The summed E-state index contributed by atoms with van der Waals surface area (Å²) in [6.45, 7) is 8.89. The summed E-state index contributed by atoms with van der Waals surface area (Å²) in [7, 11) is 0. The molecule has 3 heterocycles. The fourth-order valence-corrected chi connectivity index (χ4v) is 10.1. The fraction of sp³-hybridized carbons (Fsp3) is 0.120. The topological polar surface area (TPSA) is 51.7 Å². The van der Waals surface area contributed by atoms with E-state index in [0.717, 1.165) is 116 Å². The Morgan fingerprint density at radius 3 is 1.54 bits per heavy atom. The van der Waals surface area contributed by atoms with Crippen molar-refractivity contribution in [1.29, 1.82) is 0 Å². The molecule has 0 fully saturated rings. The second-order valence-electron chi connectivity index (χ2n) is 16.4. The van der Waals surface area contributed by atoms with Crippen LogP contribution in [-0.2, 0) is 10.8 Å². The van der Waals surface area contributed by atoms with Gasteiger partial charge in [-0.25, -0.2) is 0 Å². The summed E-state index contributed by atoms with van der Waals surface area (Å²) < 4.78 is 8.67. The van der Waals surface area contributed by atoms with Gasteiger partial charge in [-0.15, -0.1) is 0 Å². The first-order valence-electron chi connectivity index (χ1n) is 18.7. The van der Waals surface area contributed by atoms with Crippen molar-refractivity contribution in [3.8, 4) is 11.1 Å². The summed E-state index contributed by atoms with van der Waals surface area (Å²) in [6, 6.07) is 44.1. The lowest BCUT2D eigenvalue weighted by molar-refractivity contribution is 0.102. The standard InChI is InChI=1S/C50H33NO3/c1-49(2)38-14-8-5-12-30(38)47(52)36-24-42-32(22-40(36)49)34-19-27(26-17-18-29-28-11-7-10-16-44(28)54-45(29)21-26)20-35-33-23-41-37(25-43(33)51(42)46(34)35)48(53)31-13-6-9-15-39(31)50(41,3)4/h5-25H,1-4H3. The van der Waals surface area contributed by atoms with Crippen LogP contribution >= 0.6 is 0 Å². The SMILES string of the molecule is CC1(C)c2ccccc2C(=O)c2cc3c(cc21)c1cc(-c2ccc4c(c2)oc2ccccc24)cc2c4cc5c(cc4n3c12)C(=O)c1ccccc1C5(C)C. The third kappa shape index (κ3) is 3.54. The van der Waals surface area contributed by atoms with E-state index in [1.807, 2.05) is 54.6 Å². The molecular formula is C50H33NO3. The predicted octanol–water partition coefficient (Wildman–Crippen LogP) is 12.1. The van der Waals surface area contributed by atoms with Crippen LogP contribution in [0.15, 0.2) is 132 Å². The Balaban J connectivity index is 1.21. The zero-order valence-corrected chi connectivity index (χ0v) is 30.3. The molecule has 2 aliphatic rings. The van der Waals surface area contributed by atoms with Crippen molar-refractivity contribution in [3.63, 3.8) is 0 Å². The molecule has 0 bridgehead atoms. The molecule has 0 aliphatic heterocycles. The van der Waals surface area contributed by atoms with Gasteiger partial charge < -0.3 is 8.82 Å². The molecule has 0 saturated carbocycles. The van der Waals surface area contributed by atoms with Crippen molar-refractivity contribution < 1.29 is 14.0 Å². The molecule has 54 heavy (non-hydrogen) atoms. The quantitative estimate of drug-likeness (QED) is 0.172. The van der Waals surface area contributed by atoms with Crippen LogP contribution in [0.2, 0.25) is 0 Å². The molecule has 7 aromatic carbocycles. The number of hydrogen-bond acceptors (Lipinski definition) is 3. The lowest BCUT2D eigenvalue weighted by Crippen LogP contribution is -2.30. The van der Waals surface area contributed by atoms with Gasteiger partial charge in [0.25, 0.3) is 0 Å². The Kier molecular flexibility index (Phi) is 5.40. The molecule has 0 N–H and O–H groups in total. The molecule has 0 radical (unpaired) electrons.